The third kappa shape index (κ3) is 10.5. The quantitative estimate of drug-likeness (QED) is 0.331. The number of hydrogen-bond acceptors (Lipinski definition) is 1. The molecule has 102 valence electrons. The SMILES string of the molecule is CCCCCCCCCC(CC)CC(C)C=O. The zero-order valence-electron chi connectivity index (χ0n) is 12.2. The molecular formula is C16H32O. The van der Waals surface area contributed by atoms with E-state index in [1.54, 1.807) is 0 Å². The van der Waals surface area contributed by atoms with E-state index in [-0.39, 0.29) is 5.92 Å². The lowest BCUT2D eigenvalue weighted by molar-refractivity contribution is -0.111. The van der Waals surface area contributed by atoms with Gasteiger partial charge in [-0.2, -0.15) is 0 Å². The Labute approximate surface area is 108 Å². The Morgan fingerprint density at radius 1 is 0.941 bits per heavy atom. The molecule has 17 heavy (non-hydrogen) atoms. The molecule has 2 unspecified atom stereocenters. The summed E-state index contributed by atoms with van der Waals surface area (Å²) >= 11 is 0. The van der Waals surface area contributed by atoms with Gasteiger partial charge in [0.25, 0.3) is 0 Å². The van der Waals surface area contributed by atoms with Crippen LogP contribution in [0.1, 0.15) is 85.0 Å². The minimum Gasteiger partial charge on any atom is -0.303 e. The van der Waals surface area contributed by atoms with Crippen LogP contribution < -0.4 is 0 Å². The van der Waals surface area contributed by atoms with Crippen LogP contribution in [0.5, 0.6) is 0 Å². The molecule has 0 fully saturated rings. The monoisotopic (exact) mass is 240 g/mol. The van der Waals surface area contributed by atoms with Gasteiger partial charge in [0.05, 0.1) is 0 Å². The smallest absolute Gasteiger partial charge is 0.122 e. The van der Waals surface area contributed by atoms with Gasteiger partial charge >= 0.3 is 0 Å². The third-order valence-electron chi connectivity index (χ3n) is 3.73. The molecule has 0 spiro atoms. The molecule has 0 aliphatic heterocycles. The fourth-order valence-electron chi connectivity index (χ4n) is 2.46. The first-order valence-corrected chi connectivity index (χ1v) is 7.69. The zero-order chi connectivity index (χ0) is 12.9. The summed E-state index contributed by atoms with van der Waals surface area (Å²) in [6, 6.07) is 0. The summed E-state index contributed by atoms with van der Waals surface area (Å²) in [4.78, 5) is 10.6. The van der Waals surface area contributed by atoms with Crippen LogP contribution in [0.25, 0.3) is 0 Å². The van der Waals surface area contributed by atoms with E-state index < -0.39 is 0 Å². The normalized spacial score (nSPS) is 14.5. The second-order valence-corrected chi connectivity index (χ2v) is 5.53. The summed E-state index contributed by atoms with van der Waals surface area (Å²) in [6.07, 6.45) is 14.5. The molecule has 0 N–H and O–H groups in total. The van der Waals surface area contributed by atoms with E-state index in [0.29, 0.717) is 0 Å². The van der Waals surface area contributed by atoms with Gasteiger partial charge in [0.15, 0.2) is 0 Å². The molecule has 0 rings (SSSR count). The standard InChI is InChI=1S/C16H32O/c1-4-6-7-8-9-10-11-12-16(5-2)13-15(3)14-17/h14-16H,4-13H2,1-3H3. The molecule has 0 aromatic rings. The highest BCUT2D eigenvalue weighted by atomic mass is 16.1. The molecule has 0 aliphatic rings. The van der Waals surface area contributed by atoms with E-state index in [4.69, 9.17) is 0 Å². The van der Waals surface area contributed by atoms with Crippen LogP contribution >= 0.6 is 0 Å². The van der Waals surface area contributed by atoms with Crippen LogP contribution in [0, 0.1) is 11.8 Å². The van der Waals surface area contributed by atoms with E-state index >= 15 is 0 Å². The van der Waals surface area contributed by atoms with Gasteiger partial charge in [0, 0.05) is 5.92 Å². The van der Waals surface area contributed by atoms with Crippen LogP contribution in [-0.4, -0.2) is 6.29 Å². The minimum atomic E-state index is 0.254. The van der Waals surface area contributed by atoms with Crippen LogP contribution in [0.2, 0.25) is 0 Å². The summed E-state index contributed by atoms with van der Waals surface area (Å²) in [5.41, 5.74) is 0. The van der Waals surface area contributed by atoms with E-state index in [9.17, 15) is 4.79 Å². The van der Waals surface area contributed by atoms with Gasteiger partial charge < -0.3 is 4.79 Å². The first-order chi connectivity index (χ1) is 8.24. The second-order valence-electron chi connectivity index (χ2n) is 5.53. The zero-order valence-corrected chi connectivity index (χ0v) is 12.2. The second kappa shape index (κ2) is 12.1. The number of unbranched alkanes of at least 4 members (excludes halogenated alkanes) is 6. The van der Waals surface area contributed by atoms with Gasteiger partial charge in [0.1, 0.15) is 6.29 Å². The lowest BCUT2D eigenvalue weighted by atomic mass is 9.89. The molecule has 0 radical (unpaired) electrons. The van der Waals surface area contributed by atoms with Crippen molar-refractivity contribution in [3.8, 4) is 0 Å². The van der Waals surface area contributed by atoms with Crippen LogP contribution in [0.4, 0.5) is 0 Å². The highest BCUT2D eigenvalue weighted by Crippen LogP contribution is 2.21. The van der Waals surface area contributed by atoms with Crippen molar-refractivity contribution in [1.82, 2.24) is 0 Å². The molecule has 0 saturated heterocycles. The maximum absolute atomic E-state index is 10.6. The van der Waals surface area contributed by atoms with Crippen molar-refractivity contribution >= 4 is 6.29 Å². The van der Waals surface area contributed by atoms with Gasteiger partial charge in [-0.1, -0.05) is 78.6 Å². The van der Waals surface area contributed by atoms with Gasteiger partial charge in [-0.15, -0.1) is 0 Å². The van der Waals surface area contributed by atoms with E-state index in [0.717, 1.165) is 18.6 Å². The molecule has 0 amide bonds. The lowest BCUT2D eigenvalue weighted by Crippen LogP contribution is -2.06. The molecule has 0 saturated carbocycles. The first kappa shape index (κ1) is 16.7. The van der Waals surface area contributed by atoms with Gasteiger partial charge in [-0.3, -0.25) is 0 Å². The van der Waals surface area contributed by atoms with Crippen molar-refractivity contribution in [2.24, 2.45) is 11.8 Å². The fraction of sp³-hybridized carbons (Fsp3) is 0.938. The average molecular weight is 240 g/mol. The summed E-state index contributed by atoms with van der Waals surface area (Å²) < 4.78 is 0. The molecule has 0 heterocycles. The molecule has 0 bridgehead atoms. The van der Waals surface area contributed by atoms with Crippen molar-refractivity contribution < 1.29 is 4.79 Å². The predicted octanol–water partition coefficient (Wildman–Crippen LogP) is 5.38. The predicted molar refractivity (Wildman–Crippen MR) is 76.2 cm³/mol. The molecule has 1 nitrogen and oxygen atoms in total. The Balaban J connectivity index is 3.40. The number of carbonyl (C=O) groups excluding carboxylic acids is 1. The minimum absolute atomic E-state index is 0.254. The maximum atomic E-state index is 10.6. The molecule has 2 atom stereocenters. The first-order valence-electron chi connectivity index (χ1n) is 7.69. The summed E-state index contributed by atoms with van der Waals surface area (Å²) in [6.45, 7) is 6.56. The Morgan fingerprint density at radius 2 is 1.53 bits per heavy atom. The number of hydrogen-bond donors (Lipinski definition) is 0. The Kier molecular flexibility index (Phi) is 11.9. The molecule has 0 aromatic heterocycles. The number of rotatable bonds is 12. The maximum Gasteiger partial charge on any atom is 0.122 e. The van der Waals surface area contributed by atoms with Crippen LogP contribution in [-0.2, 0) is 4.79 Å². The molecular weight excluding hydrogens is 208 g/mol. The van der Waals surface area contributed by atoms with Crippen LogP contribution in [0.3, 0.4) is 0 Å². The van der Waals surface area contributed by atoms with Crippen LogP contribution in [0.15, 0.2) is 0 Å². The highest BCUT2D eigenvalue weighted by Gasteiger charge is 2.10. The Hall–Kier alpha value is -0.330. The van der Waals surface area contributed by atoms with E-state index in [1.165, 1.54) is 57.8 Å². The summed E-state index contributed by atoms with van der Waals surface area (Å²) in [5, 5.41) is 0. The average Bonchev–Trinajstić information content (AvgIpc) is 2.35. The Morgan fingerprint density at radius 3 is 2.06 bits per heavy atom. The van der Waals surface area contributed by atoms with Crippen molar-refractivity contribution in [2.75, 3.05) is 0 Å². The van der Waals surface area contributed by atoms with E-state index in [1.807, 2.05) is 6.92 Å². The van der Waals surface area contributed by atoms with Gasteiger partial charge in [0.2, 0.25) is 0 Å². The van der Waals surface area contributed by atoms with Crippen molar-refractivity contribution in [3.63, 3.8) is 0 Å². The summed E-state index contributed by atoms with van der Waals surface area (Å²) in [5.74, 6) is 1.02. The highest BCUT2D eigenvalue weighted by molar-refractivity contribution is 5.52. The third-order valence-corrected chi connectivity index (χ3v) is 3.73. The lowest BCUT2D eigenvalue weighted by Gasteiger charge is -2.16. The fourth-order valence-corrected chi connectivity index (χ4v) is 2.46. The van der Waals surface area contributed by atoms with Crippen molar-refractivity contribution in [1.29, 1.82) is 0 Å². The number of carbonyl (C=O) groups is 1. The Bertz CT molecular complexity index is 165. The van der Waals surface area contributed by atoms with E-state index in [2.05, 4.69) is 13.8 Å². The number of aldehydes is 1. The molecule has 0 aromatic carbocycles. The van der Waals surface area contributed by atoms with Gasteiger partial charge in [-0.25, -0.2) is 0 Å². The van der Waals surface area contributed by atoms with Crippen molar-refractivity contribution in [3.05, 3.63) is 0 Å². The van der Waals surface area contributed by atoms with Gasteiger partial charge in [-0.05, 0) is 12.3 Å². The topological polar surface area (TPSA) is 17.1 Å². The largest absolute Gasteiger partial charge is 0.303 e. The molecule has 0 aliphatic carbocycles. The van der Waals surface area contributed by atoms with Crippen molar-refractivity contribution in [2.45, 2.75) is 85.0 Å². The summed E-state index contributed by atoms with van der Waals surface area (Å²) in [7, 11) is 0. The molecule has 1 heteroatoms.